The van der Waals surface area contributed by atoms with Gasteiger partial charge in [0.1, 0.15) is 5.82 Å². The number of nitrogens with zero attached hydrogens (tertiary/aromatic N) is 1. The van der Waals surface area contributed by atoms with Crippen LogP contribution in [0.15, 0.2) is 23.2 Å². The zero-order chi connectivity index (χ0) is 17.6. The Balaban J connectivity index is 0.00000312. The molecule has 0 radical (unpaired) electrons. The van der Waals surface area contributed by atoms with Gasteiger partial charge >= 0.3 is 6.18 Å². The van der Waals surface area contributed by atoms with Crippen molar-refractivity contribution < 1.29 is 22.3 Å². The predicted molar refractivity (Wildman–Crippen MR) is 98.6 cm³/mol. The summed E-state index contributed by atoms with van der Waals surface area (Å²) in [6, 6.07) is 2.62. The fourth-order valence-electron chi connectivity index (χ4n) is 2.47. The first-order valence-electron chi connectivity index (χ1n) is 7.89. The summed E-state index contributed by atoms with van der Waals surface area (Å²) in [5, 5.41) is 6.04. The van der Waals surface area contributed by atoms with Crippen molar-refractivity contribution in [3.8, 4) is 0 Å². The standard InChI is InChI=1S/C16H21F4N3O.HI/c1-2-21-15(23-10-13-4-3-7-24-13)22-9-11-5-6-12(17)8-14(11)16(18,19)20;/h5-6,8,13H,2-4,7,9-10H2,1H3,(H2,21,22,23);1H. The average Bonchev–Trinajstić information content (AvgIpc) is 3.03. The molecule has 0 aliphatic carbocycles. The molecule has 1 saturated heterocycles. The number of aliphatic imine (C=N–C) groups is 1. The van der Waals surface area contributed by atoms with Crippen molar-refractivity contribution in [3.63, 3.8) is 0 Å². The maximum absolute atomic E-state index is 13.1. The third-order valence-electron chi connectivity index (χ3n) is 3.65. The van der Waals surface area contributed by atoms with Crippen molar-refractivity contribution in [2.75, 3.05) is 19.7 Å². The maximum atomic E-state index is 13.1. The molecular formula is C16H22F4IN3O. The summed E-state index contributed by atoms with van der Waals surface area (Å²) < 4.78 is 57.6. The number of benzene rings is 1. The van der Waals surface area contributed by atoms with Crippen LogP contribution in [0.1, 0.15) is 30.9 Å². The molecule has 1 aliphatic rings. The van der Waals surface area contributed by atoms with Gasteiger partial charge in [-0.1, -0.05) is 6.07 Å². The first-order chi connectivity index (χ1) is 11.4. The van der Waals surface area contributed by atoms with Crippen molar-refractivity contribution in [2.24, 2.45) is 4.99 Å². The molecular weight excluding hydrogens is 453 g/mol. The molecule has 4 nitrogen and oxygen atoms in total. The third-order valence-corrected chi connectivity index (χ3v) is 3.65. The fraction of sp³-hybridized carbons (Fsp3) is 0.562. The van der Waals surface area contributed by atoms with E-state index in [4.69, 9.17) is 4.74 Å². The second kappa shape index (κ2) is 10.1. The van der Waals surface area contributed by atoms with Crippen LogP contribution >= 0.6 is 24.0 Å². The molecule has 1 heterocycles. The van der Waals surface area contributed by atoms with Gasteiger partial charge in [0.15, 0.2) is 5.96 Å². The highest BCUT2D eigenvalue weighted by molar-refractivity contribution is 14.0. The van der Waals surface area contributed by atoms with Crippen molar-refractivity contribution in [1.29, 1.82) is 0 Å². The van der Waals surface area contributed by atoms with Crippen LogP contribution < -0.4 is 10.6 Å². The van der Waals surface area contributed by atoms with Crippen LogP contribution in [0.2, 0.25) is 0 Å². The van der Waals surface area contributed by atoms with Gasteiger partial charge in [0, 0.05) is 19.7 Å². The Labute approximate surface area is 161 Å². The molecule has 1 atom stereocenters. The highest BCUT2D eigenvalue weighted by Crippen LogP contribution is 2.32. The molecule has 142 valence electrons. The van der Waals surface area contributed by atoms with Crippen LogP contribution in [0.5, 0.6) is 0 Å². The normalized spacial score (nSPS) is 18.0. The molecule has 0 spiro atoms. The summed E-state index contributed by atoms with van der Waals surface area (Å²) in [5.74, 6) is -0.510. The first-order valence-corrected chi connectivity index (χ1v) is 7.89. The lowest BCUT2D eigenvalue weighted by atomic mass is 10.1. The number of halogens is 5. The Kier molecular flexibility index (Phi) is 8.91. The summed E-state index contributed by atoms with van der Waals surface area (Å²) >= 11 is 0. The number of hydrogen-bond acceptors (Lipinski definition) is 2. The molecule has 1 unspecified atom stereocenters. The van der Waals surface area contributed by atoms with Crippen molar-refractivity contribution in [2.45, 2.75) is 38.6 Å². The van der Waals surface area contributed by atoms with Crippen LogP contribution in [0.4, 0.5) is 17.6 Å². The Bertz CT molecular complexity index is 575. The molecule has 2 rings (SSSR count). The Morgan fingerprint density at radius 3 is 2.68 bits per heavy atom. The maximum Gasteiger partial charge on any atom is 0.416 e. The van der Waals surface area contributed by atoms with Crippen LogP contribution in [-0.4, -0.2) is 31.8 Å². The Hall–Kier alpha value is -1.10. The molecule has 25 heavy (non-hydrogen) atoms. The van der Waals surface area contributed by atoms with E-state index < -0.39 is 17.6 Å². The van der Waals surface area contributed by atoms with E-state index >= 15 is 0 Å². The summed E-state index contributed by atoms with van der Waals surface area (Å²) in [7, 11) is 0. The van der Waals surface area contributed by atoms with E-state index in [9.17, 15) is 17.6 Å². The highest BCUT2D eigenvalue weighted by Gasteiger charge is 2.33. The summed E-state index contributed by atoms with van der Waals surface area (Å²) in [6.45, 7) is 3.51. The van der Waals surface area contributed by atoms with E-state index in [1.807, 2.05) is 6.92 Å². The molecule has 0 saturated carbocycles. The SMILES string of the molecule is CCNC(=NCc1ccc(F)cc1C(F)(F)F)NCC1CCCO1.I. The quantitative estimate of drug-likeness (QED) is 0.296. The highest BCUT2D eigenvalue weighted by atomic mass is 127. The van der Waals surface area contributed by atoms with Gasteiger partial charge in [-0.3, -0.25) is 0 Å². The zero-order valence-electron chi connectivity index (χ0n) is 13.8. The Morgan fingerprint density at radius 1 is 1.32 bits per heavy atom. The minimum absolute atomic E-state index is 0. The summed E-state index contributed by atoms with van der Waals surface area (Å²) in [5.41, 5.74) is -1.07. The lowest BCUT2D eigenvalue weighted by Crippen LogP contribution is -2.41. The van der Waals surface area contributed by atoms with Gasteiger partial charge in [0.2, 0.25) is 0 Å². The molecule has 1 aliphatic heterocycles. The van der Waals surface area contributed by atoms with Gasteiger partial charge in [-0.05, 0) is 37.5 Å². The van der Waals surface area contributed by atoms with Gasteiger partial charge in [-0.2, -0.15) is 13.2 Å². The molecule has 2 N–H and O–H groups in total. The molecule has 0 aromatic heterocycles. The van der Waals surface area contributed by atoms with Gasteiger partial charge in [0.05, 0.1) is 18.2 Å². The number of alkyl halides is 3. The first kappa shape index (κ1) is 21.9. The summed E-state index contributed by atoms with van der Waals surface area (Å²) in [4.78, 5) is 4.16. The average molecular weight is 475 g/mol. The minimum atomic E-state index is -4.61. The van der Waals surface area contributed by atoms with Crippen LogP contribution in [0.25, 0.3) is 0 Å². The van der Waals surface area contributed by atoms with Crippen molar-refractivity contribution in [1.82, 2.24) is 10.6 Å². The molecule has 1 aromatic carbocycles. The third kappa shape index (κ3) is 6.96. The number of ether oxygens (including phenoxy) is 1. The summed E-state index contributed by atoms with van der Waals surface area (Å²) in [6.07, 6.45) is -2.57. The molecule has 1 fully saturated rings. The second-order valence-corrected chi connectivity index (χ2v) is 5.51. The Morgan fingerprint density at radius 2 is 2.08 bits per heavy atom. The largest absolute Gasteiger partial charge is 0.416 e. The van der Waals surface area contributed by atoms with Crippen LogP contribution in [-0.2, 0) is 17.5 Å². The topological polar surface area (TPSA) is 45.7 Å². The lowest BCUT2D eigenvalue weighted by Gasteiger charge is -2.16. The fourth-order valence-corrected chi connectivity index (χ4v) is 2.47. The number of rotatable bonds is 5. The number of nitrogens with one attached hydrogen (secondary N) is 2. The van der Waals surface area contributed by atoms with Gasteiger partial charge in [0.25, 0.3) is 0 Å². The molecule has 9 heteroatoms. The minimum Gasteiger partial charge on any atom is -0.376 e. The number of hydrogen-bond donors (Lipinski definition) is 2. The predicted octanol–water partition coefficient (Wildman–Crippen LogP) is 3.70. The number of guanidine groups is 1. The molecule has 0 bridgehead atoms. The monoisotopic (exact) mass is 475 g/mol. The van der Waals surface area contributed by atoms with E-state index in [0.717, 1.165) is 31.6 Å². The van der Waals surface area contributed by atoms with E-state index in [1.165, 1.54) is 0 Å². The van der Waals surface area contributed by atoms with Gasteiger partial charge < -0.3 is 15.4 Å². The lowest BCUT2D eigenvalue weighted by molar-refractivity contribution is -0.138. The van der Waals surface area contributed by atoms with Crippen molar-refractivity contribution in [3.05, 3.63) is 35.1 Å². The van der Waals surface area contributed by atoms with E-state index in [2.05, 4.69) is 15.6 Å². The molecule has 1 aromatic rings. The zero-order valence-corrected chi connectivity index (χ0v) is 16.2. The van der Waals surface area contributed by atoms with E-state index in [0.29, 0.717) is 25.1 Å². The van der Waals surface area contributed by atoms with Gasteiger partial charge in [-0.15, -0.1) is 24.0 Å². The van der Waals surface area contributed by atoms with Crippen LogP contribution in [0.3, 0.4) is 0 Å². The van der Waals surface area contributed by atoms with Crippen LogP contribution in [0, 0.1) is 5.82 Å². The van der Waals surface area contributed by atoms with Crippen molar-refractivity contribution >= 4 is 29.9 Å². The molecule has 0 amide bonds. The van der Waals surface area contributed by atoms with E-state index in [-0.39, 0.29) is 42.2 Å². The van der Waals surface area contributed by atoms with Gasteiger partial charge in [-0.25, -0.2) is 9.38 Å². The smallest absolute Gasteiger partial charge is 0.376 e. The van der Waals surface area contributed by atoms with E-state index in [1.54, 1.807) is 0 Å². The second-order valence-electron chi connectivity index (χ2n) is 5.51.